The van der Waals surface area contributed by atoms with Crippen molar-refractivity contribution >= 4 is 5.57 Å². The number of aromatic nitrogens is 1. The summed E-state index contributed by atoms with van der Waals surface area (Å²) in [6.45, 7) is 2.20. The molecule has 2 aromatic rings. The molecule has 0 unspecified atom stereocenters. The van der Waals surface area contributed by atoms with Crippen molar-refractivity contribution in [3.8, 4) is 11.3 Å². The van der Waals surface area contributed by atoms with Crippen LogP contribution in [0.1, 0.15) is 42.4 Å². The van der Waals surface area contributed by atoms with Crippen LogP contribution in [-0.4, -0.2) is 4.98 Å². The molecule has 0 atom stereocenters. The van der Waals surface area contributed by atoms with Crippen molar-refractivity contribution in [2.75, 3.05) is 0 Å². The lowest BCUT2D eigenvalue weighted by atomic mass is 9.66. The van der Waals surface area contributed by atoms with Crippen LogP contribution >= 0.6 is 0 Å². The Hall–Kier alpha value is -1.89. The van der Waals surface area contributed by atoms with Gasteiger partial charge in [0.2, 0.25) is 0 Å². The van der Waals surface area contributed by atoms with Gasteiger partial charge in [0.1, 0.15) is 0 Å². The lowest BCUT2D eigenvalue weighted by Gasteiger charge is -2.37. The minimum atomic E-state index is 0.291. The molecule has 98 valence electrons. The van der Waals surface area contributed by atoms with Crippen LogP contribution in [0.25, 0.3) is 16.8 Å². The first-order chi connectivity index (χ1) is 9.79. The molecule has 0 amide bonds. The lowest BCUT2D eigenvalue weighted by molar-refractivity contribution is 0.471. The molecule has 0 saturated heterocycles. The Morgan fingerprint density at radius 3 is 2.75 bits per heavy atom. The predicted molar refractivity (Wildman–Crippen MR) is 81.5 cm³/mol. The van der Waals surface area contributed by atoms with E-state index in [9.17, 15) is 0 Å². The van der Waals surface area contributed by atoms with Gasteiger partial charge >= 0.3 is 0 Å². The average molecular weight is 259 g/mol. The zero-order valence-corrected chi connectivity index (χ0v) is 11.7. The highest BCUT2D eigenvalue weighted by Crippen LogP contribution is 2.64. The van der Waals surface area contributed by atoms with Crippen molar-refractivity contribution in [2.24, 2.45) is 0 Å². The number of benzene rings is 1. The molecule has 0 fully saturated rings. The second-order valence-electron chi connectivity index (χ2n) is 6.51. The summed E-state index contributed by atoms with van der Waals surface area (Å²) in [5.74, 6) is 0. The van der Waals surface area contributed by atoms with E-state index in [2.05, 4.69) is 37.3 Å². The van der Waals surface area contributed by atoms with Crippen LogP contribution in [0.4, 0.5) is 0 Å². The van der Waals surface area contributed by atoms with E-state index in [1.807, 2.05) is 6.20 Å². The van der Waals surface area contributed by atoms with Crippen molar-refractivity contribution < 1.29 is 0 Å². The molecule has 0 spiro atoms. The number of pyridine rings is 1. The van der Waals surface area contributed by atoms with E-state index in [-0.39, 0.29) is 0 Å². The van der Waals surface area contributed by atoms with Gasteiger partial charge in [-0.05, 0) is 55.4 Å². The highest BCUT2D eigenvalue weighted by atomic mass is 14.7. The molecule has 5 rings (SSSR count). The minimum absolute atomic E-state index is 0.291. The van der Waals surface area contributed by atoms with E-state index in [0.717, 1.165) is 0 Å². The van der Waals surface area contributed by atoms with Gasteiger partial charge in [0.05, 0.1) is 5.69 Å². The third-order valence-corrected chi connectivity index (χ3v) is 5.56. The van der Waals surface area contributed by atoms with Crippen molar-refractivity contribution in [1.82, 2.24) is 4.98 Å². The molecule has 0 saturated carbocycles. The SMILES string of the molecule is Cc1ccc2c(c1)C1=C3CCC1(CC3)c1cccnc1-2. The molecule has 1 aromatic heterocycles. The van der Waals surface area contributed by atoms with Crippen molar-refractivity contribution in [3.63, 3.8) is 0 Å². The molecule has 1 heterocycles. The molecule has 3 aliphatic rings. The first kappa shape index (κ1) is 10.8. The summed E-state index contributed by atoms with van der Waals surface area (Å²) in [6, 6.07) is 11.3. The fourth-order valence-electron chi connectivity index (χ4n) is 4.75. The monoisotopic (exact) mass is 259 g/mol. The van der Waals surface area contributed by atoms with E-state index < -0.39 is 0 Å². The Labute approximate surface area is 119 Å². The highest BCUT2D eigenvalue weighted by Gasteiger charge is 2.51. The van der Waals surface area contributed by atoms with Gasteiger partial charge in [-0.15, -0.1) is 0 Å². The van der Waals surface area contributed by atoms with Gasteiger partial charge in [-0.1, -0.05) is 35.4 Å². The van der Waals surface area contributed by atoms with Gasteiger partial charge in [-0.3, -0.25) is 4.98 Å². The maximum atomic E-state index is 4.74. The van der Waals surface area contributed by atoms with Gasteiger partial charge in [0, 0.05) is 17.2 Å². The Morgan fingerprint density at radius 2 is 1.90 bits per heavy atom. The molecule has 0 radical (unpaired) electrons. The molecule has 0 aliphatic heterocycles. The number of hydrogen-bond acceptors (Lipinski definition) is 1. The normalized spacial score (nSPS) is 20.6. The van der Waals surface area contributed by atoms with Crippen molar-refractivity contribution in [1.29, 1.82) is 0 Å². The van der Waals surface area contributed by atoms with Crippen LogP contribution in [0.5, 0.6) is 0 Å². The zero-order valence-electron chi connectivity index (χ0n) is 11.7. The smallest absolute Gasteiger partial charge is 0.0749 e. The van der Waals surface area contributed by atoms with Crippen LogP contribution in [0, 0.1) is 6.92 Å². The summed E-state index contributed by atoms with van der Waals surface area (Å²) in [7, 11) is 0. The van der Waals surface area contributed by atoms with Crippen LogP contribution < -0.4 is 0 Å². The lowest BCUT2D eigenvalue weighted by Crippen LogP contribution is -2.28. The average Bonchev–Trinajstić information content (AvgIpc) is 3.04. The number of allylic oxidation sites excluding steroid dienone is 2. The van der Waals surface area contributed by atoms with Gasteiger partial charge < -0.3 is 0 Å². The highest BCUT2D eigenvalue weighted by molar-refractivity contribution is 5.95. The fourth-order valence-corrected chi connectivity index (χ4v) is 4.75. The van der Waals surface area contributed by atoms with Crippen LogP contribution in [0.2, 0.25) is 0 Å². The molecule has 1 heteroatoms. The zero-order chi connectivity index (χ0) is 13.3. The van der Waals surface area contributed by atoms with E-state index >= 15 is 0 Å². The van der Waals surface area contributed by atoms with Crippen LogP contribution in [-0.2, 0) is 5.41 Å². The summed E-state index contributed by atoms with van der Waals surface area (Å²) in [4.78, 5) is 4.74. The Morgan fingerprint density at radius 1 is 1.05 bits per heavy atom. The summed E-state index contributed by atoms with van der Waals surface area (Å²) >= 11 is 0. The van der Waals surface area contributed by atoms with Crippen molar-refractivity contribution in [2.45, 2.75) is 38.0 Å². The third-order valence-electron chi connectivity index (χ3n) is 5.56. The summed E-state index contributed by atoms with van der Waals surface area (Å²) < 4.78 is 0. The van der Waals surface area contributed by atoms with Gasteiger partial charge in [-0.2, -0.15) is 0 Å². The second-order valence-corrected chi connectivity index (χ2v) is 6.51. The number of hydrogen-bond donors (Lipinski definition) is 0. The quantitative estimate of drug-likeness (QED) is 0.671. The molecule has 0 N–H and O–H groups in total. The van der Waals surface area contributed by atoms with E-state index in [0.29, 0.717) is 5.41 Å². The standard InChI is InChI=1S/C19H17N/c1-12-4-5-14-15(11-12)17-13-6-8-19(17,9-7-13)16-3-2-10-20-18(14)16/h2-5,10-11H,6-9H2,1H3. The van der Waals surface area contributed by atoms with Gasteiger partial charge in [-0.25, -0.2) is 0 Å². The number of aryl methyl sites for hydroxylation is 1. The molecule has 2 bridgehead atoms. The molecule has 1 nitrogen and oxygen atoms in total. The fraction of sp³-hybridized carbons (Fsp3) is 0.316. The van der Waals surface area contributed by atoms with E-state index in [1.54, 1.807) is 11.1 Å². The Bertz CT molecular complexity index is 772. The maximum absolute atomic E-state index is 4.74. The Balaban J connectivity index is 1.96. The molecule has 1 aromatic carbocycles. The molecule has 20 heavy (non-hydrogen) atoms. The predicted octanol–water partition coefficient (Wildman–Crippen LogP) is 4.65. The van der Waals surface area contributed by atoms with E-state index in [4.69, 9.17) is 4.98 Å². The number of fused-ring (bicyclic) bond motifs is 3. The minimum Gasteiger partial charge on any atom is -0.256 e. The van der Waals surface area contributed by atoms with Gasteiger partial charge in [0.25, 0.3) is 0 Å². The van der Waals surface area contributed by atoms with Gasteiger partial charge in [0.15, 0.2) is 0 Å². The maximum Gasteiger partial charge on any atom is 0.0749 e. The first-order valence-corrected chi connectivity index (χ1v) is 7.59. The van der Waals surface area contributed by atoms with Crippen molar-refractivity contribution in [3.05, 3.63) is 58.8 Å². The Kier molecular flexibility index (Phi) is 1.85. The summed E-state index contributed by atoms with van der Waals surface area (Å²) in [5, 5.41) is 0. The number of nitrogens with zero attached hydrogens (tertiary/aromatic N) is 1. The topological polar surface area (TPSA) is 12.9 Å². The molecular formula is C19H17N. The first-order valence-electron chi connectivity index (χ1n) is 7.59. The summed E-state index contributed by atoms with van der Waals surface area (Å²) in [6.07, 6.45) is 7.11. The van der Waals surface area contributed by atoms with Crippen LogP contribution in [0.15, 0.2) is 42.1 Å². The second kappa shape index (κ2) is 3.41. The third kappa shape index (κ3) is 1.09. The summed E-state index contributed by atoms with van der Waals surface area (Å²) in [5.41, 5.74) is 10.6. The molecular weight excluding hydrogens is 242 g/mol. The number of rotatable bonds is 0. The molecule has 3 aliphatic carbocycles. The van der Waals surface area contributed by atoms with E-state index in [1.165, 1.54) is 53.6 Å². The largest absolute Gasteiger partial charge is 0.256 e. The van der Waals surface area contributed by atoms with Crippen LogP contribution in [0.3, 0.4) is 0 Å².